The highest BCUT2D eigenvalue weighted by Crippen LogP contribution is 2.23. The van der Waals surface area contributed by atoms with Crippen LogP contribution in [-0.2, 0) is 23.0 Å². The number of carbonyl (C=O) groups is 1. The zero-order chi connectivity index (χ0) is 22.0. The second-order valence-electron chi connectivity index (χ2n) is 7.50. The minimum absolute atomic E-state index is 0.250. The molecular weight excluding hydrogens is 432 g/mol. The minimum Gasteiger partial charge on any atom is -0.343 e. The summed E-state index contributed by atoms with van der Waals surface area (Å²) in [6.45, 7) is 0.788. The maximum atomic E-state index is 12.5. The number of carbonyl (C=O) groups excluding carboxylic acids is 1. The molecule has 4 aromatic rings. The molecule has 0 aliphatic heterocycles. The summed E-state index contributed by atoms with van der Waals surface area (Å²) in [7, 11) is -3.67. The molecular formula is C24H21ClN2O3S. The Morgan fingerprint density at radius 3 is 2.48 bits per heavy atom. The molecule has 0 saturated heterocycles. The lowest BCUT2D eigenvalue weighted by Gasteiger charge is -2.11. The molecule has 1 N–H and O–H groups in total. The van der Waals surface area contributed by atoms with Crippen molar-refractivity contribution in [1.82, 2.24) is 9.29 Å². The molecule has 1 heterocycles. The molecule has 0 atom stereocenters. The topological polar surface area (TPSA) is 68.2 Å². The van der Waals surface area contributed by atoms with Crippen LogP contribution in [0.5, 0.6) is 0 Å². The third-order valence-electron chi connectivity index (χ3n) is 5.02. The van der Waals surface area contributed by atoms with Crippen molar-refractivity contribution in [1.29, 1.82) is 0 Å². The van der Waals surface area contributed by atoms with Gasteiger partial charge < -0.3 is 4.57 Å². The van der Waals surface area contributed by atoms with Crippen LogP contribution in [0.3, 0.4) is 0 Å². The number of fused-ring (bicyclic) bond motifs is 1. The van der Waals surface area contributed by atoms with E-state index in [4.69, 9.17) is 11.6 Å². The normalized spacial score (nSPS) is 11.5. The van der Waals surface area contributed by atoms with Crippen molar-refractivity contribution in [2.45, 2.75) is 13.0 Å². The lowest BCUT2D eigenvalue weighted by Crippen LogP contribution is -2.30. The maximum Gasteiger partial charge on any atom is 0.265 e. The first kappa shape index (κ1) is 21.2. The molecule has 0 radical (unpaired) electrons. The van der Waals surface area contributed by atoms with E-state index < -0.39 is 15.9 Å². The van der Waals surface area contributed by atoms with Crippen molar-refractivity contribution >= 4 is 38.4 Å². The van der Waals surface area contributed by atoms with Crippen molar-refractivity contribution in [3.8, 4) is 0 Å². The molecule has 0 aliphatic rings. The van der Waals surface area contributed by atoms with Gasteiger partial charge in [0.2, 0.25) is 10.0 Å². The Balaban J connectivity index is 1.61. The second-order valence-corrected chi connectivity index (χ2v) is 9.69. The molecule has 3 aromatic carbocycles. The van der Waals surface area contributed by atoms with Gasteiger partial charge in [0.15, 0.2) is 0 Å². The third kappa shape index (κ3) is 5.16. The van der Waals surface area contributed by atoms with E-state index in [1.165, 1.54) is 11.6 Å². The first-order chi connectivity index (χ1) is 14.8. The van der Waals surface area contributed by atoms with Gasteiger partial charge in [-0.05, 0) is 58.8 Å². The summed E-state index contributed by atoms with van der Waals surface area (Å²) in [5.41, 5.74) is 4.32. The Kier molecular flexibility index (Phi) is 5.85. The third-order valence-corrected chi connectivity index (χ3v) is 5.81. The highest BCUT2D eigenvalue weighted by atomic mass is 35.5. The Bertz CT molecular complexity index is 1360. The monoisotopic (exact) mass is 452 g/mol. The van der Waals surface area contributed by atoms with Gasteiger partial charge in [0, 0.05) is 28.8 Å². The number of benzene rings is 3. The predicted octanol–water partition coefficient (Wildman–Crippen LogP) is 4.62. The summed E-state index contributed by atoms with van der Waals surface area (Å²) >= 11 is 6.05. The van der Waals surface area contributed by atoms with E-state index in [2.05, 4.69) is 41.1 Å². The van der Waals surface area contributed by atoms with E-state index in [1.54, 1.807) is 12.1 Å². The first-order valence-corrected chi connectivity index (χ1v) is 12.0. The fourth-order valence-corrected chi connectivity index (χ4v) is 4.25. The summed E-state index contributed by atoms with van der Waals surface area (Å²) < 4.78 is 27.2. The molecule has 5 nitrogen and oxygen atoms in total. The second kappa shape index (κ2) is 8.57. The van der Waals surface area contributed by atoms with Crippen LogP contribution in [0.15, 0.2) is 79.0 Å². The number of nitrogens with zero attached hydrogens (tertiary/aromatic N) is 1. The Labute approximate surface area is 186 Å². The van der Waals surface area contributed by atoms with Gasteiger partial charge in [-0.15, -0.1) is 0 Å². The average Bonchev–Trinajstić information content (AvgIpc) is 3.11. The largest absolute Gasteiger partial charge is 0.343 e. The van der Waals surface area contributed by atoms with Crippen LogP contribution >= 0.6 is 11.6 Å². The van der Waals surface area contributed by atoms with Crippen molar-refractivity contribution < 1.29 is 13.2 Å². The van der Waals surface area contributed by atoms with Gasteiger partial charge in [-0.25, -0.2) is 13.1 Å². The predicted molar refractivity (Wildman–Crippen MR) is 124 cm³/mol. The fourth-order valence-electron chi connectivity index (χ4n) is 3.64. The number of aromatic nitrogens is 1. The molecule has 7 heteroatoms. The SMILES string of the molecule is CS(=O)(=O)NC(=O)c1cc(Cl)ccc1Cc1ccc2c(ccn2Cc2ccccc2)c1. The Morgan fingerprint density at radius 1 is 0.968 bits per heavy atom. The number of hydrogen-bond donors (Lipinski definition) is 1. The molecule has 0 fully saturated rings. The zero-order valence-electron chi connectivity index (χ0n) is 16.9. The summed E-state index contributed by atoms with van der Waals surface area (Å²) in [5, 5.41) is 1.47. The van der Waals surface area contributed by atoms with E-state index in [9.17, 15) is 13.2 Å². The summed E-state index contributed by atoms with van der Waals surface area (Å²) in [5.74, 6) is -0.685. The van der Waals surface area contributed by atoms with Crippen LogP contribution in [0.1, 0.15) is 27.0 Å². The maximum absolute atomic E-state index is 12.5. The lowest BCUT2D eigenvalue weighted by atomic mass is 9.98. The highest BCUT2D eigenvalue weighted by Gasteiger charge is 2.16. The van der Waals surface area contributed by atoms with E-state index in [-0.39, 0.29) is 5.56 Å². The zero-order valence-corrected chi connectivity index (χ0v) is 18.5. The van der Waals surface area contributed by atoms with Crippen LogP contribution in [0.25, 0.3) is 10.9 Å². The number of rotatable bonds is 6. The molecule has 0 aliphatic carbocycles. The van der Waals surface area contributed by atoms with E-state index in [1.807, 2.05) is 29.0 Å². The van der Waals surface area contributed by atoms with Crippen LogP contribution in [0, 0.1) is 0 Å². The Morgan fingerprint density at radius 2 is 1.74 bits per heavy atom. The van der Waals surface area contributed by atoms with E-state index >= 15 is 0 Å². The first-order valence-electron chi connectivity index (χ1n) is 9.71. The molecule has 4 rings (SSSR count). The van der Waals surface area contributed by atoms with Crippen molar-refractivity contribution in [2.75, 3.05) is 6.26 Å². The van der Waals surface area contributed by atoms with Crippen LogP contribution in [-0.4, -0.2) is 25.1 Å². The number of hydrogen-bond acceptors (Lipinski definition) is 3. The van der Waals surface area contributed by atoms with Crippen LogP contribution in [0.2, 0.25) is 5.02 Å². The molecule has 1 amide bonds. The quantitative estimate of drug-likeness (QED) is 0.464. The fraction of sp³-hybridized carbons (Fsp3) is 0.125. The van der Waals surface area contributed by atoms with Gasteiger partial charge in [-0.1, -0.05) is 54.1 Å². The van der Waals surface area contributed by atoms with Gasteiger partial charge in [-0.3, -0.25) is 4.79 Å². The van der Waals surface area contributed by atoms with Gasteiger partial charge in [0.1, 0.15) is 0 Å². The average molecular weight is 453 g/mol. The molecule has 31 heavy (non-hydrogen) atoms. The molecule has 0 spiro atoms. The van der Waals surface area contributed by atoms with Gasteiger partial charge in [-0.2, -0.15) is 0 Å². The molecule has 0 bridgehead atoms. The minimum atomic E-state index is -3.67. The molecule has 1 aromatic heterocycles. The standard InChI is InChI=1S/C24H21ClN2O3S/c1-31(29,30)26-24(28)22-15-21(25)9-8-19(22)13-18-7-10-23-20(14-18)11-12-27(23)16-17-5-3-2-4-6-17/h2-12,14-15H,13,16H2,1H3,(H,26,28). The van der Waals surface area contributed by atoms with Crippen molar-refractivity contribution in [2.24, 2.45) is 0 Å². The number of amides is 1. The van der Waals surface area contributed by atoms with Crippen LogP contribution in [0.4, 0.5) is 0 Å². The highest BCUT2D eigenvalue weighted by molar-refractivity contribution is 7.89. The van der Waals surface area contributed by atoms with Gasteiger partial charge in [0.25, 0.3) is 5.91 Å². The van der Waals surface area contributed by atoms with E-state index in [0.29, 0.717) is 17.0 Å². The smallest absolute Gasteiger partial charge is 0.265 e. The number of halogens is 1. The summed E-state index contributed by atoms with van der Waals surface area (Å²) in [6.07, 6.45) is 3.49. The van der Waals surface area contributed by atoms with Gasteiger partial charge in [0.05, 0.1) is 6.26 Å². The number of nitrogens with one attached hydrogen (secondary N) is 1. The van der Waals surface area contributed by atoms with Crippen molar-refractivity contribution in [3.05, 3.63) is 106 Å². The summed E-state index contributed by atoms with van der Waals surface area (Å²) in [6, 6.07) is 23.5. The molecule has 0 saturated carbocycles. The number of sulfonamides is 1. The van der Waals surface area contributed by atoms with Crippen molar-refractivity contribution in [3.63, 3.8) is 0 Å². The Hall–Kier alpha value is -3.09. The molecule has 158 valence electrons. The van der Waals surface area contributed by atoms with E-state index in [0.717, 1.165) is 29.3 Å². The molecule has 0 unspecified atom stereocenters. The summed E-state index contributed by atoms with van der Waals surface area (Å²) in [4.78, 5) is 12.5. The van der Waals surface area contributed by atoms with Gasteiger partial charge >= 0.3 is 0 Å². The van der Waals surface area contributed by atoms with Crippen LogP contribution < -0.4 is 4.72 Å². The lowest BCUT2D eigenvalue weighted by molar-refractivity contribution is 0.0981.